The van der Waals surface area contributed by atoms with E-state index in [1.165, 1.54) is 12.0 Å². The van der Waals surface area contributed by atoms with Crippen molar-refractivity contribution >= 4 is 0 Å². The van der Waals surface area contributed by atoms with Crippen LogP contribution in [0.3, 0.4) is 0 Å². The molecule has 0 amide bonds. The molecule has 0 saturated heterocycles. The first-order valence-electron chi connectivity index (χ1n) is 6.62. The normalized spacial score (nSPS) is 12.2. The van der Waals surface area contributed by atoms with Crippen LogP contribution < -0.4 is 14.8 Å². The molecular formula is C15H25NO2. The van der Waals surface area contributed by atoms with Crippen LogP contribution in [0.4, 0.5) is 0 Å². The van der Waals surface area contributed by atoms with Gasteiger partial charge in [-0.3, -0.25) is 0 Å². The van der Waals surface area contributed by atoms with Gasteiger partial charge < -0.3 is 14.8 Å². The molecule has 1 atom stereocenters. The van der Waals surface area contributed by atoms with Crippen molar-refractivity contribution in [2.75, 3.05) is 27.3 Å². The van der Waals surface area contributed by atoms with Gasteiger partial charge in [0.25, 0.3) is 0 Å². The second-order valence-electron chi connectivity index (χ2n) is 4.66. The minimum atomic E-state index is 0.746. The summed E-state index contributed by atoms with van der Waals surface area (Å²) in [5, 5.41) is 3.48. The Kier molecular flexibility index (Phi) is 6.58. The lowest BCUT2D eigenvalue weighted by Gasteiger charge is -2.11. The first-order valence-corrected chi connectivity index (χ1v) is 6.62. The molecule has 1 rings (SSSR count). The van der Waals surface area contributed by atoms with Gasteiger partial charge in [-0.2, -0.15) is 0 Å². The number of rotatable bonds is 8. The Labute approximate surface area is 110 Å². The monoisotopic (exact) mass is 251 g/mol. The molecule has 0 saturated carbocycles. The van der Waals surface area contributed by atoms with E-state index in [1.807, 2.05) is 12.1 Å². The number of ether oxygens (including phenoxy) is 2. The summed E-state index contributed by atoms with van der Waals surface area (Å²) in [6, 6.07) is 6.10. The van der Waals surface area contributed by atoms with Crippen LogP contribution >= 0.6 is 0 Å². The zero-order valence-corrected chi connectivity index (χ0v) is 12.0. The van der Waals surface area contributed by atoms with Gasteiger partial charge in [0, 0.05) is 0 Å². The highest BCUT2D eigenvalue weighted by Crippen LogP contribution is 2.27. The van der Waals surface area contributed by atoms with Crippen LogP contribution in [0.2, 0.25) is 0 Å². The molecule has 1 aromatic rings. The van der Waals surface area contributed by atoms with E-state index in [0.717, 1.165) is 36.9 Å². The van der Waals surface area contributed by atoms with Crippen LogP contribution in [0.25, 0.3) is 0 Å². The fourth-order valence-electron chi connectivity index (χ4n) is 1.76. The Morgan fingerprint density at radius 2 is 1.89 bits per heavy atom. The van der Waals surface area contributed by atoms with Crippen LogP contribution in [-0.4, -0.2) is 27.3 Å². The second-order valence-corrected chi connectivity index (χ2v) is 4.66. The quantitative estimate of drug-likeness (QED) is 0.721. The lowest BCUT2D eigenvalue weighted by Crippen LogP contribution is -2.23. The van der Waals surface area contributed by atoms with Crippen LogP contribution in [0.1, 0.15) is 25.8 Å². The van der Waals surface area contributed by atoms with Crippen LogP contribution in [0.5, 0.6) is 11.5 Å². The molecule has 3 nitrogen and oxygen atoms in total. The van der Waals surface area contributed by atoms with Gasteiger partial charge in [0.1, 0.15) is 0 Å². The molecule has 18 heavy (non-hydrogen) atoms. The smallest absolute Gasteiger partial charge is 0.160 e. The molecule has 1 unspecified atom stereocenters. The average molecular weight is 251 g/mol. The summed E-state index contributed by atoms with van der Waals surface area (Å²) in [7, 11) is 3.33. The van der Waals surface area contributed by atoms with Crippen LogP contribution in [-0.2, 0) is 6.42 Å². The van der Waals surface area contributed by atoms with Crippen molar-refractivity contribution in [1.82, 2.24) is 5.32 Å². The summed E-state index contributed by atoms with van der Waals surface area (Å²) in [5.41, 5.74) is 1.27. The highest BCUT2D eigenvalue weighted by molar-refractivity contribution is 5.42. The Morgan fingerprint density at radius 1 is 1.17 bits per heavy atom. The maximum atomic E-state index is 5.29. The number of methoxy groups -OCH3 is 2. The molecule has 0 bridgehead atoms. The van der Waals surface area contributed by atoms with Gasteiger partial charge in [-0.15, -0.1) is 0 Å². The van der Waals surface area contributed by atoms with E-state index < -0.39 is 0 Å². The zero-order valence-electron chi connectivity index (χ0n) is 12.0. The topological polar surface area (TPSA) is 30.5 Å². The van der Waals surface area contributed by atoms with E-state index in [9.17, 15) is 0 Å². The first-order chi connectivity index (χ1) is 8.71. The second kappa shape index (κ2) is 7.98. The predicted octanol–water partition coefficient (Wildman–Crippen LogP) is 2.88. The van der Waals surface area contributed by atoms with Crippen molar-refractivity contribution in [3.8, 4) is 11.5 Å². The third-order valence-electron chi connectivity index (χ3n) is 3.23. The number of benzene rings is 1. The molecule has 0 aliphatic heterocycles. The minimum absolute atomic E-state index is 0.746. The SMILES string of the molecule is CCC(C)CNCCc1ccc(OC)c(OC)c1. The van der Waals surface area contributed by atoms with Gasteiger partial charge in [-0.05, 0) is 43.1 Å². The van der Waals surface area contributed by atoms with Crippen LogP contribution in [0.15, 0.2) is 18.2 Å². The Bertz CT molecular complexity index is 352. The van der Waals surface area contributed by atoms with Crippen molar-refractivity contribution in [2.24, 2.45) is 5.92 Å². The minimum Gasteiger partial charge on any atom is -0.493 e. The van der Waals surface area contributed by atoms with E-state index in [2.05, 4.69) is 25.2 Å². The summed E-state index contributed by atoms with van der Waals surface area (Å²) in [4.78, 5) is 0. The third-order valence-corrected chi connectivity index (χ3v) is 3.23. The number of hydrogen-bond acceptors (Lipinski definition) is 3. The molecule has 0 aromatic heterocycles. The first kappa shape index (κ1) is 14.8. The van der Waals surface area contributed by atoms with Crippen LogP contribution in [0, 0.1) is 5.92 Å². The van der Waals surface area contributed by atoms with Gasteiger partial charge in [0.15, 0.2) is 11.5 Å². The highest BCUT2D eigenvalue weighted by atomic mass is 16.5. The molecule has 0 aliphatic carbocycles. The Balaban J connectivity index is 2.43. The Morgan fingerprint density at radius 3 is 2.50 bits per heavy atom. The van der Waals surface area contributed by atoms with E-state index in [1.54, 1.807) is 14.2 Å². The average Bonchev–Trinajstić information content (AvgIpc) is 2.42. The van der Waals surface area contributed by atoms with Gasteiger partial charge in [0.05, 0.1) is 14.2 Å². The van der Waals surface area contributed by atoms with Crippen molar-refractivity contribution in [1.29, 1.82) is 0 Å². The zero-order chi connectivity index (χ0) is 13.4. The molecule has 0 fully saturated rings. The third kappa shape index (κ3) is 4.57. The number of hydrogen-bond donors (Lipinski definition) is 1. The molecule has 1 N–H and O–H groups in total. The van der Waals surface area contributed by atoms with Crippen molar-refractivity contribution in [2.45, 2.75) is 26.7 Å². The lowest BCUT2D eigenvalue weighted by atomic mass is 10.1. The molecular weight excluding hydrogens is 226 g/mol. The summed E-state index contributed by atoms with van der Waals surface area (Å²) in [6.07, 6.45) is 2.24. The molecule has 0 heterocycles. The van der Waals surface area contributed by atoms with Gasteiger partial charge >= 0.3 is 0 Å². The molecule has 0 aliphatic rings. The molecule has 0 spiro atoms. The lowest BCUT2D eigenvalue weighted by molar-refractivity contribution is 0.354. The fraction of sp³-hybridized carbons (Fsp3) is 0.600. The standard InChI is InChI=1S/C15H25NO2/c1-5-12(2)11-16-9-8-13-6-7-14(17-3)15(10-13)18-4/h6-7,10,12,16H,5,8-9,11H2,1-4H3. The molecule has 1 aromatic carbocycles. The maximum absolute atomic E-state index is 5.29. The fourth-order valence-corrected chi connectivity index (χ4v) is 1.76. The summed E-state index contributed by atoms with van der Waals surface area (Å²) in [6.45, 7) is 6.58. The van der Waals surface area contributed by atoms with E-state index >= 15 is 0 Å². The van der Waals surface area contributed by atoms with E-state index in [4.69, 9.17) is 9.47 Å². The molecule has 102 valence electrons. The summed E-state index contributed by atoms with van der Waals surface area (Å²) in [5.74, 6) is 2.33. The van der Waals surface area contributed by atoms with Crippen molar-refractivity contribution < 1.29 is 9.47 Å². The highest BCUT2D eigenvalue weighted by Gasteiger charge is 2.04. The largest absolute Gasteiger partial charge is 0.493 e. The van der Waals surface area contributed by atoms with E-state index in [0.29, 0.717) is 0 Å². The summed E-state index contributed by atoms with van der Waals surface area (Å²) < 4.78 is 10.5. The number of nitrogens with one attached hydrogen (secondary N) is 1. The van der Waals surface area contributed by atoms with Gasteiger partial charge in [-0.1, -0.05) is 26.3 Å². The van der Waals surface area contributed by atoms with Gasteiger partial charge in [-0.25, -0.2) is 0 Å². The predicted molar refractivity (Wildman–Crippen MR) is 75.6 cm³/mol. The van der Waals surface area contributed by atoms with E-state index in [-0.39, 0.29) is 0 Å². The molecule has 3 heteroatoms. The Hall–Kier alpha value is -1.22. The van der Waals surface area contributed by atoms with Gasteiger partial charge in [0.2, 0.25) is 0 Å². The summed E-state index contributed by atoms with van der Waals surface area (Å²) >= 11 is 0. The molecule has 0 radical (unpaired) electrons. The van der Waals surface area contributed by atoms with Crippen molar-refractivity contribution in [3.05, 3.63) is 23.8 Å². The maximum Gasteiger partial charge on any atom is 0.160 e. The van der Waals surface area contributed by atoms with Crippen molar-refractivity contribution in [3.63, 3.8) is 0 Å².